The van der Waals surface area contributed by atoms with Gasteiger partial charge in [0, 0.05) is 19.1 Å². The predicted molar refractivity (Wildman–Crippen MR) is 94.9 cm³/mol. The van der Waals surface area contributed by atoms with E-state index in [9.17, 15) is 4.79 Å². The molecule has 1 aromatic carbocycles. The van der Waals surface area contributed by atoms with Crippen LogP contribution in [-0.4, -0.2) is 28.1 Å². The summed E-state index contributed by atoms with van der Waals surface area (Å²) in [6, 6.07) is 5.99. The maximum atomic E-state index is 12.4. The number of ether oxygens (including phenoxy) is 1. The van der Waals surface area contributed by atoms with Crippen LogP contribution in [0.5, 0.6) is 0 Å². The largest absolute Gasteiger partial charge is 0.446 e. The lowest BCUT2D eigenvalue weighted by Crippen LogP contribution is -2.27. The summed E-state index contributed by atoms with van der Waals surface area (Å²) >= 11 is 0. The van der Waals surface area contributed by atoms with Crippen LogP contribution in [0.2, 0.25) is 0 Å². The van der Waals surface area contributed by atoms with E-state index >= 15 is 0 Å². The molecule has 3 aromatic rings. The van der Waals surface area contributed by atoms with Crippen molar-refractivity contribution in [3.63, 3.8) is 0 Å². The molecule has 0 radical (unpaired) electrons. The Kier molecular flexibility index (Phi) is 4.72. The highest BCUT2D eigenvalue weighted by atomic mass is 16.5. The van der Waals surface area contributed by atoms with Crippen LogP contribution in [0.15, 0.2) is 33.4 Å². The second kappa shape index (κ2) is 7.32. The van der Waals surface area contributed by atoms with Crippen LogP contribution in [0.3, 0.4) is 0 Å². The van der Waals surface area contributed by atoms with Crippen molar-refractivity contribution in [3.05, 3.63) is 53.1 Å². The van der Waals surface area contributed by atoms with Gasteiger partial charge in [-0.05, 0) is 30.0 Å². The Labute approximate surface area is 155 Å². The Balaban J connectivity index is 1.49. The number of benzene rings is 1. The monoisotopic (exact) mass is 368 g/mol. The standard InChI is InChI=1S/C19H20N4O4/c1-3-16-22-18(23-27-16)12-4-6-13-11(8-12)5-7-14(13)21-19(24)15-9-26-17(20-15)10-25-2/h4,6,8-9,14H,3,5,7,10H2,1-2H3,(H,21,24). The molecule has 1 unspecified atom stereocenters. The molecule has 4 rings (SSSR count). The van der Waals surface area contributed by atoms with Crippen LogP contribution in [0.4, 0.5) is 0 Å². The summed E-state index contributed by atoms with van der Waals surface area (Å²) in [4.78, 5) is 20.9. The summed E-state index contributed by atoms with van der Waals surface area (Å²) < 4.78 is 15.4. The second-order valence-corrected chi connectivity index (χ2v) is 6.40. The quantitative estimate of drug-likeness (QED) is 0.713. The molecule has 140 valence electrons. The predicted octanol–water partition coefficient (Wildman–Crippen LogP) is 2.85. The summed E-state index contributed by atoms with van der Waals surface area (Å²) in [6.07, 6.45) is 3.77. The zero-order chi connectivity index (χ0) is 18.8. The normalized spacial score (nSPS) is 15.7. The first-order chi connectivity index (χ1) is 13.2. The minimum absolute atomic E-state index is 0.0550. The maximum Gasteiger partial charge on any atom is 0.273 e. The van der Waals surface area contributed by atoms with Gasteiger partial charge in [-0.15, -0.1) is 0 Å². The Morgan fingerprint density at radius 2 is 2.22 bits per heavy atom. The molecule has 0 fully saturated rings. The van der Waals surface area contributed by atoms with Gasteiger partial charge in [0.15, 0.2) is 5.69 Å². The van der Waals surface area contributed by atoms with Crippen molar-refractivity contribution in [2.24, 2.45) is 0 Å². The molecule has 0 saturated heterocycles. The minimum Gasteiger partial charge on any atom is -0.446 e. The summed E-state index contributed by atoms with van der Waals surface area (Å²) in [5.74, 6) is 1.34. The van der Waals surface area contributed by atoms with E-state index in [1.54, 1.807) is 7.11 Å². The van der Waals surface area contributed by atoms with E-state index in [1.165, 1.54) is 11.8 Å². The van der Waals surface area contributed by atoms with Crippen LogP contribution in [0.25, 0.3) is 11.4 Å². The highest BCUT2D eigenvalue weighted by Gasteiger charge is 2.26. The molecule has 1 aliphatic carbocycles. The summed E-state index contributed by atoms with van der Waals surface area (Å²) in [6.45, 7) is 2.21. The van der Waals surface area contributed by atoms with Gasteiger partial charge < -0.3 is 19.0 Å². The lowest BCUT2D eigenvalue weighted by Gasteiger charge is -2.13. The third-order valence-corrected chi connectivity index (χ3v) is 4.61. The second-order valence-electron chi connectivity index (χ2n) is 6.40. The van der Waals surface area contributed by atoms with Gasteiger partial charge in [-0.2, -0.15) is 4.98 Å². The molecule has 0 saturated carbocycles. The van der Waals surface area contributed by atoms with E-state index in [2.05, 4.69) is 26.5 Å². The zero-order valence-electron chi connectivity index (χ0n) is 15.2. The first-order valence-corrected chi connectivity index (χ1v) is 8.88. The summed E-state index contributed by atoms with van der Waals surface area (Å²) in [5.41, 5.74) is 3.46. The molecule has 8 heteroatoms. The Hall–Kier alpha value is -3.00. The molecule has 8 nitrogen and oxygen atoms in total. The molecule has 1 amide bonds. The molecule has 1 atom stereocenters. The smallest absolute Gasteiger partial charge is 0.273 e. The minimum atomic E-state index is -0.256. The van der Waals surface area contributed by atoms with Gasteiger partial charge in [-0.3, -0.25) is 4.79 Å². The number of rotatable bonds is 6. The fraction of sp³-hybridized carbons (Fsp3) is 0.368. The number of carbonyl (C=O) groups is 1. The molecule has 0 aliphatic heterocycles. The van der Waals surface area contributed by atoms with Crippen LogP contribution >= 0.6 is 0 Å². The Morgan fingerprint density at radius 3 is 3.00 bits per heavy atom. The number of nitrogens with one attached hydrogen (secondary N) is 1. The molecule has 0 bridgehead atoms. The lowest BCUT2D eigenvalue weighted by atomic mass is 10.0. The third-order valence-electron chi connectivity index (χ3n) is 4.61. The van der Waals surface area contributed by atoms with Crippen LogP contribution < -0.4 is 5.32 Å². The van der Waals surface area contributed by atoms with E-state index in [0.29, 0.717) is 24.0 Å². The van der Waals surface area contributed by atoms with Gasteiger partial charge in [-0.25, -0.2) is 4.98 Å². The van der Waals surface area contributed by atoms with Crippen molar-refractivity contribution >= 4 is 5.91 Å². The molecule has 27 heavy (non-hydrogen) atoms. The fourth-order valence-electron chi connectivity index (χ4n) is 3.26. The number of hydrogen-bond donors (Lipinski definition) is 1. The van der Waals surface area contributed by atoms with E-state index < -0.39 is 0 Å². The SMILES string of the molecule is CCc1nc(-c2ccc3c(c2)CCC3NC(=O)c2coc(COC)n2)no1. The van der Waals surface area contributed by atoms with E-state index in [-0.39, 0.29) is 24.2 Å². The molecular weight excluding hydrogens is 348 g/mol. The molecule has 1 aliphatic rings. The Morgan fingerprint density at radius 1 is 1.33 bits per heavy atom. The summed E-state index contributed by atoms with van der Waals surface area (Å²) in [5, 5.41) is 7.05. The molecule has 2 aromatic heterocycles. The number of aryl methyl sites for hydroxylation is 2. The Bertz CT molecular complexity index is 962. The number of carbonyl (C=O) groups excluding carboxylic acids is 1. The summed E-state index contributed by atoms with van der Waals surface area (Å²) in [7, 11) is 1.55. The van der Waals surface area contributed by atoms with Gasteiger partial charge in [-0.1, -0.05) is 24.2 Å². The van der Waals surface area contributed by atoms with Crippen molar-refractivity contribution in [2.45, 2.75) is 38.8 Å². The zero-order valence-corrected chi connectivity index (χ0v) is 15.2. The molecule has 2 heterocycles. The number of nitrogens with zero attached hydrogens (tertiary/aromatic N) is 3. The first kappa shape index (κ1) is 17.4. The average Bonchev–Trinajstić information content (AvgIpc) is 3.41. The average molecular weight is 368 g/mol. The number of hydrogen-bond acceptors (Lipinski definition) is 7. The van der Waals surface area contributed by atoms with Gasteiger partial charge in [0.05, 0.1) is 6.04 Å². The van der Waals surface area contributed by atoms with Crippen molar-refractivity contribution in [2.75, 3.05) is 7.11 Å². The number of aromatic nitrogens is 3. The van der Waals surface area contributed by atoms with Gasteiger partial charge >= 0.3 is 0 Å². The van der Waals surface area contributed by atoms with E-state index in [0.717, 1.165) is 24.0 Å². The van der Waals surface area contributed by atoms with Crippen LogP contribution in [-0.2, 0) is 24.2 Å². The number of oxazole rings is 1. The van der Waals surface area contributed by atoms with Crippen molar-refractivity contribution < 1.29 is 18.5 Å². The van der Waals surface area contributed by atoms with E-state index in [1.807, 2.05) is 19.1 Å². The highest BCUT2D eigenvalue weighted by Crippen LogP contribution is 2.34. The maximum absolute atomic E-state index is 12.4. The topological polar surface area (TPSA) is 103 Å². The number of amides is 1. The third kappa shape index (κ3) is 3.48. The van der Waals surface area contributed by atoms with Crippen molar-refractivity contribution in [1.82, 2.24) is 20.4 Å². The lowest BCUT2D eigenvalue weighted by molar-refractivity contribution is 0.0931. The van der Waals surface area contributed by atoms with E-state index in [4.69, 9.17) is 13.7 Å². The van der Waals surface area contributed by atoms with Crippen molar-refractivity contribution in [1.29, 1.82) is 0 Å². The fourth-order valence-corrected chi connectivity index (χ4v) is 3.26. The van der Waals surface area contributed by atoms with Gasteiger partial charge in [0.1, 0.15) is 12.9 Å². The van der Waals surface area contributed by atoms with Gasteiger partial charge in [0.2, 0.25) is 17.6 Å². The van der Waals surface area contributed by atoms with Crippen LogP contribution in [0.1, 0.15) is 52.8 Å². The van der Waals surface area contributed by atoms with Crippen molar-refractivity contribution in [3.8, 4) is 11.4 Å². The van der Waals surface area contributed by atoms with Crippen LogP contribution in [0, 0.1) is 0 Å². The molecule has 1 N–H and O–H groups in total. The molecular formula is C19H20N4O4. The first-order valence-electron chi connectivity index (χ1n) is 8.88. The highest BCUT2D eigenvalue weighted by molar-refractivity contribution is 5.92. The number of methoxy groups -OCH3 is 1. The number of fused-ring (bicyclic) bond motifs is 1. The molecule has 0 spiro atoms. The van der Waals surface area contributed by atoms with Gasteiger partial charge in [0.25, 0.3) is 5.91 Å².